The molecule has 1 aliphatic rings. The maximum Gasteiger partial charge on any atom is 0.244 e. The van der Waals surface area contributed by atoms with E-state index in [0.29, 0.717) is 6.54 Å². The topological polar surface area (TPSA) is 41.4 Å². The molecular formula is C20H28N4O. The summed E-state index contributed by atoms with van der Waals surface area (Å²) in [6.07, 6.45) is 1.02. The molecule has 1 saturated heterocycles. The monoisotopic (exact) mass is 340 g/mol. The second-order valence-corrected chi connectivity index (χ2v) is 7.08. The fourth-order valence-corrected chi connectivity index (χ4v) is 3.39. The predicted molar refractivity (Wildman–Crippen MR) is 99.4 cm³/mol. The molecule has 0 N–H and O–H groups in total. The van der Waals surface area contributed by atoms with E-state index in [0.717, 1.165) is 50.5 Å². The van der Waals surface area contributed by atoms with Gasteiger partial charge in [-0.1, -0.05) is 29.8 Å². The summed E-state index contributed by atoms with van der Waals surface area (Å²) >= 11 is 0. The number of aryl methyl sites for hydroxylation is 3. The highest BCUT2D eigenvalue weighted by molar-refractivity contribution is 5.76. The van der Waals surface area contributed by atoms with E-state index in [-0.39, 0.29) is 5.91 Å². The Labute approximate surface area is 150 Å². The number of benzene rings is 1. The van der Waals surface area contributed by atoms with E-state index < -0.39 is 0 Å². The molecule has 0 atom stereocenters. The van der Waals surface area contributed by atoms with Crippen LogP contribution in [0.15, 0.2) is 30.3 Å². The lowest BCUT2D eigenvalue weighted by Crippen LogP contribution is -2.37. The van der Waals surface area contributed by atoms with Crippen molar-refractivity contribution in [1.82, 2.24) is 19.6 Å². The smallest absolute Gasteiger partial charge is 0.244 e. The van der Waals surface area contributed by atoms with Crippen molar-refractivity contribution in [2.45, 2.75) is 40.3 Å². The van der Waals surface area contributed by atoms with Gasteiger partial charge >= 0.3 is 0 Å². The molecule has 25 heavy (non-hydrogen) atoms. The fraction of sp³-hybridized carbons (Fsp3) is 0.500. The van der Waals surface area contributed by atoms with Gasteiger partial charge in [-0.25, -0.2) is 0 Å². The van der Waals surface area contributed by atoms with Crippen molar-refractivity contribution in [1.29, 1.82) is 0 Å². The summed E-state index contributed by atoms with van der Waals surface area (Å²) in [7, 11) is 0. The van der Waals surface area contributed by atoms with Gasteiger partial charge in [-0.2, -0.15) is 5.10 Å². The van der Waals surface area contributed by atoms with Crippen LogP contribution in [-0.4, -0.2) is 51.7 Å². The van der Waals surface area contributed by atoms with Crippen molar-refractivity contribution in [2.24, 2.45) is 0 Å². The first-order valence-electron chi connectivity index (χ1n) is 9.08. The molecule has 1 aliphatic heterocycles. The first-order valence-corrected chi connectivity index (χ1v) is 9.08. The number of hydrogen-bond donors (Lipinski definition) is 0. The first kappa shape index (κ1) is 17.7. The Hall–Kier alpha value is -2.14. The van der Waals surface area contributed by atoms with Crippen molar-refractivity contribution in [3.8, 4) is 0 Å². The van der Waals surface area contributed by atoms with Crippen LogP contribution >= 0.6 is 0 Å². The van der Waals surface area contributed by atoms with Crippen molar-refractivity contribution in [3.05, 3.63) is 52.8 Å². The van der Waals surface area contributed by atoms with E-state index in [4.69, 9.17) is 0 Å². The average Bonchev–Trinajstić information content (AvgIpc) is 2.76. The molecule has 1 aromatic carbocycles. The molecule has 3 rings (SSSR count). The second kappa shape index (κ2) is 7.83. The Morgan fingerprint density at radius 3 is 2.48 bits per heavy atom. The Balaban J connectivity index is 1.54. The van der Waals surface area contributed by atoms with Crippen molar-refractivity contribution >= 4 is 5.91 Å². The lowest BCUT2D eigenvalue weighted by molar-refractivity contribution is -0.131. The first-order chi connectivity index (χ1) is 12.0. The van der Waals surface area contributed by atoms with E-state index in [1.807, 2.05) is 29.5 Å². The molecule has 5 nitrogen and oxygen atoms in total. The van der Waals surface area contributed by atoms with Crippen LogP contribution in [0.25, 0.3) is 0 Å². The average molecular weight is 340 g/mol. The van der Waals surface area contributed by atoms with Gasteiger partial charge in [0, 0.05) is 38.4 Å². The van der Waals surface area contributed by atoms with Crippen LogP contribution in [-0.2, 0) is 17.9 Å². The summed E-state index contributed by atoms with van der Waals surface area (Å²) in [4.78, 5) is 17.1. The van der Waals surface area contributed by atoms with Gasteiger partial charge in [-0.3, -0.25) is 14.4 Å². The SMILES string of the molecule is Cc1ccc(CN2CCCN(C(=O)Cn3nc(C)cc3C)CC2)cc1. The molecule has 2 aromatic rings. The van der Waals surface area contributed by atoms with Gasteiger partial charge in [-0.15, -0.1) is 0 Å². The summed E-state index contributed by atoms with van der Waals surface area (Å²) < 4.78 is 1.81. The van der Waals surface area contributed by atoms with Gasteiger partial charge in [0.1, 0.15) is 6.54 Å². The van der Waals surface area contributed by atoms with Gasteiger partial charge in [0.2, 0.25) is 5.91 Å². The summed E-state index contributed by atoms with van der Waals surface area (Å²) in [5, 5.41) is 4.41. The highest BCUT2D eigenvalue weighted by atomic mass is 16.2. The Bertz CT molecular complexity index is 720. The van der Waals surface area contributed by atoms with Crippen LogP contribution in [0.4, 0.5) is 0 Å². The lowest BCUT2D eigenvalue weighted by atomic mass is 10.1. The minimum Gasteiger partial charge on any atom is -0.340 e. The van der Waals surface area contributed by atoms with Crippen LogP contribution in [0, 0.1) is 20.8 Å². The molecule has 0 saturated carbocycles. The second-order valence-electron chi connectivity index (χ2n) is 7.08. The quantitative estimate of drug-likeness (QED) is 0.859. The molecular weight excluding hydrogens is 312 g/mol. The number of carbonyl (C=O) groups is 1. The molecule has 0 spiro atoms. The molecule has 134 valence electrons. The molecule has 1 fully saturated rings. The van der Waals surface area contributed by atoms with Gasteiger partial charge in [-0.05, 0) is 38.8 Å². The lowest BCUT2D eigenvalue weighted by Gasteiger charge is -2.22. The number of nitrogens with zero attached hydrogens (tertiary/aromatic N) is 4. The number of amides is 1. The predicted octanol–water partition coefficient (Wildman–Crippen LogP) is 2.54. The highest BCUT2D eigenvalue weighted by Gasteiger charge is 2.20. The molecule has 0 radical (unpaired) electrons. The number of rotatable bonds is 4. The van der Waals surface area contributed by atoms with Crippen LogP contribution in [0.5, 0.6) is 0 Å². The summed E-state index contributed by atoms with van der Waals surface area (Å²) in [5.41, 5.74) is 4.64. The molecule has 5 heteroatoms. The van der Waals surface area contributed by atoms with Gasteiger partial charge in [0.05, 0.1) is 5.69 Å². The summed E-state index contributed by atoms with van der Waals surface area (Å²) in [6.45, 7) is 11.0. The van der Waals surface area contributed by atoms with Crippen LogP contribution < -0.4 is 0 Å². The van der Waals surface area contributed by atoms with E-state index in [2.05, 4.69) is 41.2 Å². The number of carbonyl (C=O) groups excluding carboxylic acids is 1. The third-order valence-corrected chi connectivity index (χ3v) is 4.86. The standard InChI is InChI=1S/C20H28N4O/c1-16-5-7-19(8-6-16)14-22-9-4-10-23(12-11-22)20(25)15-24-18(3)13-17(2)21-24/h5-8,13H,4,9-12,14-15H2,1-3H3. The van der Waals surface area contributed by atoms with E-state index in [9.17, 15) is 4.79 Å². The van der Waals surface area contributed by atoms with Crippen LogP contribution in [0.1, 0.15) is 28.9 Å². The zero-order chi connectivity index (χ0) is 17.8. The molecule has 0 unspecified atom stereocenters. The third kappa shape index (κ3) is 4.69. The summed E-state index contributed by atoms with van der Waals surface area (Å²) in [5.74, 6) is 0.170. The maximum absolute atomic E-state index is 12.6. The van der Waals surface area contributed by atoms with Crippen molar-refractivity contribution in [2.75, 3.05) is 26.2 Å². The summed E-state index contributed by atoms with van der Waals surface area (Å²) in [6, 6.07) is 10.7. The minimum absolute atomic E-state index is 0.170. The normalized spacial score (nSPS) is 16.0. The zero-order valence-corrected chi connectivity index (χ0v) is 15.5. The molecule has 0 aliphatic carbocycles. The largest absolute Gasteiger partial charge is 0.340 e. The minimum atomic E-state index is 0.170. The highest BCUT2D eigenvalue weighted by Crippen LogP contribution is 2.11. The van der Waals surface area contributed by atoms with Crippen LogP contribution in [0.2, 0.25) is 0 Å². The molecule has 2 heterocycles. The van der Waals surface area contributed by atoms with Crippen molar-refractivity contribution in [3.63, 3.8) is 0 Å². The van der Waals surface area contributed by atoms with Crippen molar-refractivity contribution < 1.29 is 4.79 Å². The fourth-order valence-electron chi connectivity index (χ4n) is 3.39. The Morgan fingerprint density at radius 1 is 1.04 bits per heavy atom. The maximum atomic E-state index is 12.6. The van der Waals surface area contributed by atoms with E-state index in [1.54, 1.807) is 0 Å². The third-order valence-electron chi connectivity index (χ3n) is 4.86. The number of hydrogen-bond acceptors (Lipinski definition) is 3. The zero-order valence-electron chi connectivity index (χ0n) is 15.5. The molecule has 0 bridgehead atoms. The molecule has 1 amide bonds. The van der Waals surface area contributed by atoms with Gasteiger partial charge in [0.25, 0.3) is 0 Å². The van der Waals surface area contributed by atoms with E-state index in [1.165, 1.54) is 11.1 Å². The van der Waals surface area contributed by atoms with Gasteiger partial charge in [0.15, 0.2) is 0 Å². The van der Waals surface area contributed by atoms with Crippen LogP contribution in [0.3, 0.4) is 0 Å². The molecule has 1 aromatic heterocycles. The Kier molecular flexibility index (Phi) is 5.53. The number of aromatic nitrogens is 2. The Morgan fingerprint density at radius 2 is 1.80 bits per heavy atom. The van der Waals surface area contributed by atoms with Gasteiger partial charge < -0.3 is 4.90 Å². The van der Waals surface area contributed by atoms with E-state index >= 15 is 0 Å².